The van der Waals surface area contributed by atoms with Crippen molar-refractivity contribution in [3.63, 3.8) is 0 Å². The highest BCUT2D eigenvalue weighted by Crippen LogP contribution is 2.18. The smallest absolute Gasteiger partial charge is 0.264 e. The first-order valence-electron chi connectivity index (χ1n) is 9.72. The number of allylic oxidation sites excluding steroid dienone is 1. The fourth-order valence-electron chi connectivity index (χ4n) is 3.77. The molecule has 3 heterocycles. The summed E-state index contributed by atoms with van der Waals surface area (Å²) >= 11 is 0. The van der Waals surface area contributed by atoms with Gasteiger partial charge in [0, 0.05) is 23.5 Å². The van der Waals surface area contributed by atoms with E-state index in [1.54, 1.807) is 10.8 Å². The summed E-state index contributed by atoms with van der Waals surface area (Å²) in [6.45, 7) is 10.2. The Bertz CT molecular complexity index is 1340. The molecule has 0 N–H and O–H groups in total. The van der Waals surface area contributed by atoms with Crippen LogP contribution in [0, 0.1) is 20.8 Å². The van der Waals surface area contributed by atoms with E-state index in [0.717, 1.165) is 22.6 Å². The third-order valence-electron chi connectivity index (χ3n) is 5.40. The number of para-hydroxylation sites is 1. The third-order valence-corrected chi connectivity index (χ3v) is 5.40. The minimum atomic E-state index is -0.284. The van der Waals surface area contributed by atoms with E-state index in [2.05, 4.69) is 16.7 Å². The van der Waals surface area contributed by atoms with Gasteiger partial charge in [-0.1, -0.05) is 24.3 Å². The van der Waals surface area contributed by atoms with E-state index in [1.165, 1.54) is 17.1 Å². The molecule has 7 nitrogen and oxygen atoms in total. The second-order valence-electron chi connectivity index (χ2n) is 7.37. The number of fused-ring (bicyclic) bond motifs is 1. The largest absolute Gasteiger partial charge is 0.345 e. The fraction of sp³-hybridized carbons (Fsp3) is 0.217. The van der Waals surface area contributed by atoms with Gasteiger partial charge >= 0.3 is 0 Å². The summed E-state index contributed by atoms with van der Waals surface area (Å²) in [6, 6.07) is 9.62. The maximum absolute atomic E-state index is 13.0. The summed E-state index contributed by atoms with van der Waals surface area (Å²) in [6.07, 6.45) is 4.72. The van der Waals surface area contributed by atoms with E-state index in [-0.39, 0.29) is 17.9 Å². The molecule has 0 amide bonds. The lowest BCUT2D eigenvalue weighted by Gasteiger charge is -2.08. The Morgan fingerprint density at radius 3 is 2.70 bits per heavy atom. The first-order valence-corrected chi connectivity index (χ1v) is 9.72. The average Bonchev–Trinajstić information content (AvgIpc) is 3.27. The number of benzene rings is 1. The molecule has 7 heteroatoms. The summed E-state index contributed by atoms with van der Waals surface area (Å²) < 4.78 is 5.02. The first kappa shape index (κ1) is 19.6. The molecule has 0 fully saturated rings. The molecule has 0 atom stereocenters. The Kier molecular flexibility index (Phi) is 4.95. The zero-order valence-electron chi connectivity index (χ0n) is 17.3. The summed E-state index contributed by atoms with van der Waals surface area (Å²) in [5.74, 6) is -0.132. The molecule has 0 saturated carbocycles. The molecule has 0 aliphatic rings. The van der Waals surface area contributed by atoms with E-state index in [4.69, 9.17) is 0 Å². The van der Waals surface area contributed by atoms with Crippen molar-refractivity contribution >= 4 is 16.8 Å². The van der Waals surface area contributed by atoms with Crippen molar-refractivity contribution in [3.8, 4) is 5.69 Å². The number of aromatic nitrogens is 5. The fourth-order valence-corrected chi connectivity index (χ4v) is 3.77. The molecule has 30 heavy (non-hydrogen) atoms. The monoisotopic (exact) mass is 401 g/mol. The number of hydrogen-bond acceptors (Lipinski definition) is 4. The highest BCUT2D eigenvalue weighted by atomic mass is 16.1. The predicted molar refractivity (Wildman–Crippen MR) is 116 cm³/mol. The van der Waals surface area contributed by atoms with Gasteiger partial charge in [0.05, 0.1) is 18.4 Å². The van der Waals surface area contributed by atoms with E-state index < -0.39 is 0 Å². The van der Waals surface area contributed by atoms with E-state index in [1.807, 2.05) is 55.7 Å². The van der Waals surface area contributed by atoms with Crippen LogP contribution < -0.4 is 5.56 Å². The van der Waals surface area contributed by atoms with Crippen molar-refractivity contribution in [1.82, 2.24) is 23.9 Å². The Labute approximate surface area is 173 Å². The standard InChI is InChI=1S/C23H23N5O2/c1-5-10-27-16(3)11-18(17(27)4)21(29)13-26-14-24-22-19(23(26)30)12-25-28(22)20-9-7-6-8-15(20)2/h5-9,11-12,14H,1,10,13H2,2-4H3. The maximum atomic E-state index is 13.0. The summed E-state index contributed by atoms with van der Waals surface area (Å²) in [5, 5.41) is 4.74. The molecule has 0 saturated heterocycles. The highest BCUT2D eigenvalue weighted by molar-refractivity contribution is 5.97. The van der Waals surface area contributed by atoms with Gasteiger partial charge in [-0.25, -0.2) is 9.67 Å². The lowest BCUT2D eigenvalue weighted by molar-refractivity contribution is 0.0970. The molecule has 0 aliphatic heterocycles. The molecule has 0 bridgehead atoms. The van der Waals surface area contributed by atoms with E-state index in [0.29, 0.717) is 23.1 Å². The van der Waals surface area contributed by atoms with E-state index in [9.17, 15) is 9.59 Å². The molecular weight excluding hydrogens is 378 g/mol. The lowest BCUT2D eigenvalue weighted by atomic mass is 10.1. The molecule has 4 rings (SSSR count). The number of carbonyl (C=O) groups is 1. The molecule has 152 valence electrons. The number of Topliss-reactive ketones (excluding diaryl/α,β-unsaturated/α-hetero) is 1. The van der Waals surface area contributed by atoms with Crippen molar-refractivity contribution in [2.24, 2.45) is 0 Å². The van der Waals surface area contributed by atoms with Crippen molar-refractivity contribution in [2.75, 3.05) is 0 Å². The van der Waals surface area contributed by atoms with Crippen LogP contribution in [0.15, 0.2) is 60.3 Å². The van der Waals surface area contributed by atoms with Gasteiger partial charge in [0.25, 0.3) is 5.56 Å². The molecular formula is C23H23N5O2. The Morgan fingerprint density at radius 2 is 1.97 bits per heavy atom. The van der Waals surface area contributed by atoms with Gasteiger partial charge in [-0.2, -0.15) is 5.10 Å². The van der Waals surface area contributed by atoms with Crippen molar-refractivity contribution in [1.29, 1.82) is 0 Å². The molecule has 0 unspecified atom stereocenters. The number of aryl methyl sites for hydroxylation is 2. The van der Waals surface area contributed by atoms with Gasteiger partial charge in [0.15, 0.2) is 11.4 Å². The van der Waals surface area contributed by atoms with Crippen LogP contribution >= 0.6 is 0 Å². The number of carbonyl (C=O) groups excluding carboxylic acids is 1. The first-order chi connectivity index (χ1) is 14.4. The summed E-state index contributed by atoms with van der Waals surface area (Å²) in [5.41, 5.74) is 4.54. The molecule has 0 spiro atoms. The molecule has 1 aromatic carbocycles. The van der Waals surface area contributed by atoms with Crippen LogP contribution in [-0.2, 0) is 13.1 Å². The second kappa shape index (κ2) is 7.59. The zero-order chi connectivity index (χ0) is 21.4. The summed E-state index contributed by atoms with van der Waals surface area (Å²) in [4.78, 5) is 30.3. The predicted octanol–water partition coefficient (Wildman–Crippen LogP) is 3.38. The second-order valence-corrected chi connectivity index (χ2v) is 7.37. The van der Waals surface area contributed by atoms with Gasteiger partial charge < -0.3 is 4.57 Å². The van der Waals surface area contributed by atoms with Crippen LogP contribution in [-0.4, -0.2) is 29.7 Å². The van der Waals surface area contributed by atoms with Gasteiger partial charge in [-0.05, 0) is 38.5 Å². The Hall–Kier alpha value is -3.74. The highest BCUT2D eigenvalue weighted by Gasteiger charge is 2.18. The third kappa shape index (κ3) is 3.18. The van der Waals surface area contributed by atoms with Crippen LogP contribution in [0.2, 0.25) is 0 Å². The Balaban J connectivity index is 1.70. The average molecular weight is 401 g/mol. The topological polar surface area (TPSA) is 74.7 Å². The minimum Gasteiger partial charge on any atom is -0.345 e. The SMILES string of the molecule is C=CCn1c(C)cc(C(=O)Cn2cnc3c(cnn3-c3ccccc3C)c2=O)c1C. The Morgan fingerprint density at radius 1 is 1.20 bits per heavy atom. The van der Waals surface area contributed by atoms with Crippen LogP contribution in [0.25, 0.3) is 16.7 Å². The molecule has 0 aliphatic carbocycles. The minimum absolute atomic E-state index is 0.0737. The molecule has 3 aromatic heterocycles. The van der Waals surface area contributed by atoms with Gasteiger partial charge in [0.2, 0.25) is 0 Å². The van der Waals surface area contributed by atoms with Crippen molar-refractivity contribution in [2.45, 2.75) is 33.9 Å². The quantitative estimate of drug-likeness (QED) is 0.367. The maximum Gasteiger partial charge on any atom is 0.264 e. The number of nitrogens with zero attached hydrogens (tertiary/aromatic N) is 5. The number of hydrogen-bond donors (Lipinski definition) is 0. The van der Waals surface area contributed by atoms with Crippen LogP contribution in [0.4, 0.5) is 0 Å². The van der Waals surface area contributed by atoms with E-state index >= 15 is 0 Å². The van der Waals surface area contributed by atoms with Gasteiger partial charge in [-0.15, -0.1) is 6.58 Å². The normalized spacial score (nSPS) is 11.2. The van der Waals surface area contributed by atoms with Crippen molar-refractivity contribution in [3.05, 3.63) is 88.4 Å². The van der Waals surface area contributed by atoms with Gasteiger partial charge in [-0.3, -0.25) is 14.2 Å². The summed E-state index contributed by atoms with van der Waals surface area (Å²) in [7, 11) is 0. The van der Waals surface area contributed by atoms with Crippen LogP contribution in [0.3, 0.4) is 0 Å². The zero-order valence-corrected chi connectivity index (χ0v) is 17.3. The number of ketones is 1. The molecule has 0 radical (unpaired) electrons. The lowest BCUT2D eigenvalue weighted by Crippen LogP contribution is -2.25. The van der Waals surface area contributed by atoms with Crippen LogP contribution in [0.5, 0.6) is 0 Å². The van der Waals surface area contributed by atoms with Crippen molar-refractivity contribution < 1.29 is 4.79 Å². The number of rotatable bonds is 6. The molecule has 4 aromatic rings. The van der Waals surface area contributed by atoms with Crippen LogP contribution in [0.1, 0.15) is 27.3 Å². The van der Waals surface area contributed by atoms with Gasteiger partial charge in [0.1, 0.15) is 11.7 Å².